The normalized spacial score (nSPS) is 18.7. The Balaban J connectivity index is 1.90. The average Bonchev–Trinajstić information content (AvgIpc) is 2.95. The summed E-state index contributed by atoms with van der Waals surface area (Å²) in [7, 11) is 0. The third-order valence-electron chi connectivity index (χ3n) is 3.21. The summed E-state index contributed by atoms with van der Waals surface area (Å²) < 4.78 is 1.26. The third kappa shape index (κ3) is 3.98. The maximum Gasteiger partial charge on any atom is 0.0518 e. The first-order valence-corrected chi connectivity index (χ1v) is 9.11. The Hall–Kier alpha value is 0.490. The number of thiophene rings is 1. The number of halogens is 1. The lowest BCUT2D eigenvalue weighted by Gasteiger charge is -2.19. The summed E-state index contributed by atoms with van der Waals surface area (Å²) in [5.74, 6) is 1.21. The van der Waals surface area contributed by atoms with Crippen LogP contribution in [0, 0.1) is 0 Å². The highest BCUT2D eigenvalue weighted by Gasteiger charge is 2.20. The molecule has 0 bridgehead atoms. The van der Waals surface area contributed by atoms with E-state index in [4.69, 9.17) is 0 Å². The minimum absolute atomic E-state index is 0.514. The lowest BCUT2D eigenvalue weighted by molar-refractivity contribution is 0.612. The van der Waals surface area contributed by atoms with Crippen LogP contribution in [-0.4, -0.2) is 17.5 Å². The third-order valence-corrected chi connectivity index (χ3v) is 6.67. The fourth-order valence-corrected chi connectivity index (χ4v) is 5.56. The van der Waals surface area contributed by atoms with Gasteiger partial charge in [0.05, 0.1) is 6.04 Å². The highest BCUT2D eigenvalue weighted by molar-refractivity contribution is 9.10. The van der Waals surface area contributed by atoms with Crippen LogP contribution in [0.5, 0.6) is 0 Å². The SMILES string of the molecule is CCNC(CSC1CCCC1)c1sccc1Br. The Labute approximate surface area is 121 Å². The van der Waals surface area contributed by atoms with Gasteiger partial charge >= 0.3 is 0 Å². The van der Waals surface area contributed by atoms with Crippen LogP contribution in [0.4, 0.5) is 0 Å². The molecule has 1 aliphatic carbocycles. The maximum absolute atomic E-state index is 3.65. The minimum Gasteiger partial charge on any atom is -0.309 e. The molecule has 2 rings (SSSR count). The van der Waals surface area contributed by atoms with Gasteiger partial charge in [0.1, 0.15) is 0 Å². The molecule has 0 spiro atoms. The summed E-state index contributed by atoms with van der Waals surface area (Å²) in [5.41, 5.74) is 0. The topological polar surface area (TPSA) is 12.0 Å². The summed E-state index contributed by atoms with van der Waals surface area (Å²) in [6.45, 7) is 3.23. The van der Waals surface area contributed by atoms with E-state index >= 15 is 0 Å². The molecule has 1 fully saturated rings. The molecule has 1 aromatic rings. The largest absolute Gasteiger partial charge is 0.309 e. The highest BCUT2D eigenvalue weighted by Crippen LogP contribution is 2.35. The van der Waals surface area contributed by atoms with Crippen molar-refractivity contribution < 1.29 is 0 Å². The smallest absolute Gasteiger partial charge is 0.0518 e. The van der Waals surface area contributed by atoms with Crippen LogP contribution in [0.1, 0.15) is 43.5 Å². The van der Waals surface area contributed by atoms with Crippen molar-refractivity contribution in [1.29, 1.82) is 0 Å². The summed E-state index contributed by atoms with van der Waals surface area (Å²) in [4.78, 5) is 1.46. The van der Waals surface area contributed by atoms with Crippen molar-refractivity contribution in [2.24, 2.45) is 0 Å². The second kappa shape index (κ2) is 7.17. The molecule has 1 aromatic heterocycles. The van der Waals surface area contributed by atoms with Crippen molar-refractivity contribution in [3.8, 4) is 0 Å². The molecule has 1 N–H and O–H groups in total. The van der Waals surface area contributed by atoms with Gasteiger partial charge in [0.2, 0.25) is 0 Å². The lowest BCUT2D eigenvalue weighted by atomic mass is 10.3. The van der Waals surface area contributed by atoms with E-state index in [1.807, 2.05) is 11.3 Å². The van der Waals surface area contributed by atoms with E-state index in [0.29, 0.717) is 6.04 Å². The Morgan fingerprint density at radius 2 is 2.29 bits per heavy atom. The first kappa shape index (κ1) is 13.9. The van der Waals surface area contributed by atoms with Gasteiger partial charge in [0.15, 0.2) is 0 Å². The second-order valence-corrected chi connectivity index (χ2v) is 7.62. The van der Waals surface area contributed by atoms with Gasteiger partial charge < -0.3 is 5.32 Å². The highest BCUT2D eigenvalue weighted by atomic mass is 79.9. The van der Waals surface area contributed by atoms with E-state index < -0.39 is 0 Å². The first-order chi connectivity index (χ1) is 8.31. The quantitative estimate of drug-likeness (QED) is 0.799. The number of thioether (sulfide) groups is 1. The van der Waals surface area contributed by atoms with Gasteiger partial charge in [-0.1, -0.05) is 19.8 Å². The van der Waals surface area contributed by atoms with E-state index in [2.05, 4.69) is 51.4 Å². The zero-order valence-corrected chi connectivity index (χ0v) is 13.5. The summed E-state index contributed by atoms with van der Waals surface area (Å²) in [5, 5.41) is 6.69. The number of hydrogen-bond acceptors (Lipinski definition) is 3. The van der Waals surface area contributed by atoms with Crippen molar-refractivity contribution in [3.63, 3.8) is 0 Å². The van der Waals surface area contributed by atoms with Gasteiger partial charge in [-0.15, -0.1) is 11.3 Å². The van der Waals surface area contributed by atoms with Crippen LogP contribution in [0.3, 0.4) is 0 Å². The minimum atomic E-state index is 0.514. The predicted molar refractivity (Wildman–Crippen MR) is 83.2 cm³/mol. The molecule has 0 radical (unpaired) electrons. The van der Waals surface area contributed by atoms with Gasteiger partial charge in [-0.2, -0.15) is 11.8 Å². The van der Waals surface area contributed by atoms with Gasteiger partial charge in [-0.3, -0.25) is 0 Å². The molecular formula is C13H20BrNS2. The van der Waals surface area contributed by atoms with Crippen molar-refractivity contribution in [2.45, 2.75) is 43.9 Å². The van der Waals surface area contributed by atoms with Crippen molar-refractivity contribution in [1.82, 2.24) is 5.32 Å². The van der Waals surface area contributed by atoms with E-state index in [-0.39, 0.29) is 0 Å². The molecule has 17 heavy (non-hydrogen) atoms. The van der Waals surface area contributed by atoms with Crippen LogP contribution in [0.15, 0.2) is 15.9 Å². The van der Waals surface area contributed by atoms with E-state index in [1.165, 1.54) is 40.8 Å². The molecule has 1 saturated carbocycles. The number of nitrogens with one attached hydrogen (secondary N) is 1. The Kier molecular flexibility index (Phi) is 5.87. The molecular weight excluding hydrogens is 314 g/mol. The first-order valence-electron chi connectivity index (χ1n) is 6.39. The van der Waals surface area contributed by atoms with Crippen LogP contribution < -0.4 is 5.32 Å². The molecule has 0 saturated heterocycles. The lowest BCUT2D eigenvalue weighted by Crippen LogP contribution is -2.23. The fourth-order valence-electron chi connectivity index (χ4n) is 2.32. The Morgan fingerprint density at radius 1 is 1.53 bits per heavy atom. The molecule has 1 aliphatic rings. The van der Waals surface area contributed by atoms with Crippen LogP contribution in [0.2, 0.25) is 0 Å². The molecule has 0 amide bonds. The molecule has 1 atom stereocenters. The summed E-state index contributed by atoms with van der Waals surface area (Å²) in [6.07, 6.45) is 5.72. The van der Waals surface area contributed by atoms with Gasteiger partial charge in [0, 0.05) is 20.4 Å². The second-order valence-electron chi connectivity index (χ2n) is 4.48. The average molecular weight is 334 g/mol. The van der Waals surface area contributed by atoms with E-state index in [0.717, 1.165) is 11.8 Å². The van der Waals surface area contributed by atoms with Crippen LogP contribution >= 0.6 is 39.0 Å². The van der Waals surface area contributed by atoms with Gasteiger partial charge in [-0.05, 0) is 46.8 Å². The van der Waals surface area contributed by atoms with E-state index in [9.17, 15) is 0 Å². The predicted octanol–water partition coefficient (Wildman–Crippen LogP) is 4.84. The van der Waals surface area contributed by atoms with E-state index in [1.54, 1.807) is 0 Å². The molecule has 0 aromatic carbocycles. The summed E-state index contributed by atoms with van der Waals surface area (Å²) >= 11 is 7.67. The van der Waals surface area contributed by atoms with Crippen molar-refractivity contribution in [2.75, 3.05) is 12.3 Å². The molecule has 4 heteroatoms. The summed E-state index contributed by atoms with van der Waals surface area (Å²) in [6, 6.07) is 2.67. The zero-order valence-electron chi connectivity index (χ0n) is 10.2. The molecule has 96 valence electrons. The Bertz CT molecular complexity index is 334. The molecule has 1 unspecified atom stereocenters. The van der Waals surface area contributed by atoms with Crippen LogP contribution in [-0.2, 0) is 0 Å². The van der Waals surface area contributed by atoms with Crippen LogP contribution in [0.25, 0.3) is 0 Å². The standard InChI is InChI=1S/C13H20BrNS2/c1-2-15-12(13-11(14)7-8-16-13)9-17-10-5-3-4-6-10/h7-8,10,12,15H,2-6,9H2,1H3. The van der Waals surface area contributed by atoms with Gasteiger partial charge in [0.25, 0.3) is 0 Å². The molecule has 0 aliphatic heterocycles. The maximum atomic E-state index is 3.65. The fraction of sp³-hybridized carbons (Fsp3) is 0.692. The zero-order chi connectivity index (χ0) is 12.1. The number of rotatable bonds is 6. The number of hydrogen-bond donors (Lipinski definition) is 1. The molecule has 1 heterocycles. The monoisotopic (exact) mass is 333 g/mol. The van der Waals surface area contributed by atoms with Gasteiger partial charge in [-0.25, -0.2) is 0 Å². The van der Waals surface area contributed by atoms with Crippen molar-refractivity contribution in [3.05, 3.63) is 20.8 Å². The van der Waals surface area contributed by atoms with Crippen molar-refractivity contribution >= 4 is 39.0 Å². The molecule has 1 nitrogen and oxygen atoms in total. The Morgan fingerprint density at radius 3 is 2.88 bits per heavy atom.